The Morgan fingerprint density at radius 3 is 2.80 bits per heavy atom. The van der Waals surface area contributed by atoms with E-state index >= 15 is 0 Å². The Labute approximate surface area is 91.6 Å². The minimum atomic E-state index is -0.215. The van der Waals surface area contributed by atoms with E-state index in [9.17, 15) is 4.39 Å². The van der Waals surface area contributed by atoms with Crippen LogP contribution in [-0.2, 0) is 0 Å². The molecule has 1 N–H and O–H groups in total. The van der Waals surface area contributed by atoms with Crippen molar-refractivity contribution in [3.8, 4) is 0 Å². The molecule has 3 atom stereocenters. The Morgan fingerprint density at radius 1 is 1.40 bits per heavy atom. The Balaban J connectivity index is 2.00. The van der Waals surface area contributed by atoms with Crippen molar-refractivity contribution in [3.05, 3.63) is 0 Å². The van der Waals surface area contributed by atoms with Crippen LogP contribution in [0.3, 0.4) is 0 Å². The standard InChI is InChI=1S/C11H22FN3/c1-9-11(3-4-13-9)15-6-5-14(2)8-10(15)7-12/h9-11,13H,3-8H2,1-2H3/t9-,10+,11-/m0/s1. The van der Waals surface area contributed by atoms with Crippen molar-refractivity contribution in [1.82, 2.24) is 15.1 Å². The van der Waals surface area contributed by atoms with Crippen molar-refractivity contribution >= 4 is 0 Å². The molecule has 2 saturated heterocycles. The fourth-order valence-electron chi connectivity index (χ4n) is 2.90. The van der Waals surface area contributed by atoms with Gasteiger partial charge in [0.25, 0.3) is 0 Å². The maximum atomic E-state index is 13.0. The SMILES string of the molecule is C[C@@H]1NCC[C@@H]1N1CCN(C)C[C@H]1CF. The van der Waals surface area contributed by atoms with Crippen LogP contribution >= 0.6 is 0 Å². The lowest BCUT2D eigenvalue weighted by Crippen LogP contribution is -2.58. The summed E-state index contributed by atoms with van der Waals surface area (Å²) in [6, 6.07) is 1.16. The Kier molecular flexibility index (Phi) is 3.59. The lowest BCUT2D eigenvalue weighted by molar-refractivity contribution is 0.0362. The van der Waals surface area contributed by atoms with Crippen molar-refractivity contribution < 1.29 is 4.39 Å². The van der Waals surface area contributed by atoms with Gasteiger partial charge in [0, 0.05) is 31.7 Å². The van der Waals surface area contributed by atoms with Crippen molar-refractivity contribution in [2.75, 3.05) is 39.9 Å². The molecule has 3 nitrogen and oxygen atoms in total. The van der Waals surface area contributed by atoms with Crippen LogP contribution in [0.2, 0.25) is 0 Å². The third-order valence-electron chi connectivity index (χ3n) is 3.82. The predicted octanol–water partition coefficient (Wildman–Crippen LogP) is 0.322. The zero-order valence-electron chi connectivity index (χ0n) is 9.75. The third-order valence-corrected chi connectivity index (χ3v) is 3.82. The van der Waals surface area contributed by atoms with Gasteiger partial charge in [-0.1, -0.05) is 0 Å². The van der Waals surface area contributed by atoms with Gasteiger partial charge in [0.2, 0.25) is 0 Å². The molecule has 0 radical (unpaired) electrons. The third kappa shape index (κ3) is 2.32. The van der Waals surface area contributed by atoms with Gasteiger partial charge in [0.05, 0.1) is 6.04 Å². The minimum absolute atomic E-state index is 0.107. The van der Waals surface area contributed by atoms with Crippen LogP contribution in [0.25, 0.3) is 0 Å². The molecule has 0 spiro atoms. The molecule has 15 heavy (non-hydrogen) atoms. The molecular weight excluding hydrogens is 193 g/mol. The topological polar surface area (TPSA) is 18.5 Å². The molecule has 0 amide bonds. The largest absolute Gasteiger partial charge is 0.313 e. The van der Waals surface area contributed by atoms with Gasteiger partial charge in [-0.05, 0) is 26.9 Å². The summed E-state index contributed by atoms with van der Waals surface area (Å²) in [6.45, 7) is 6.04. The van der Waals surface area contributed by atoms with Gasteiger partial charge in [0.1, 0.15) is 6.67 Å². The van der Waals surface area contributed by atoms with Crippen molar-refractivity contribution in [2.45, 2.75) is 31.5 Å². The lowest BCUT2D eigenvalue weighted by Gasteiger charge is -2.43. The highest BCUT2D eigenvalue weighted by Crippen LogP contribution is 2.20. The van der Waals surface area contributed by atoms with Crippen LogP contribution < -0.4 is 5.32 Å². The second-order valence-electron chi connectivity index (χ2n) is 4.91. The van der Waals surface area contributed by atoms with E-state index in [1.807, 2.05) is 0 Å². The number of likely N-dealkylation sites (N-methyl/N-ethyl adjacent to an activating group) is 1. The number of hydrogen-bond donors (Lipinski definition) is 1. The van der Waals surface area contributed by atoms with E-state index in [-0.39, 0.29) is 12.7 Å². The van der Waals surface area contributed by atoms with E-state index < -0.39 is 0 Å². The quantitative estimate of drug-likeness (QED) is 0.716. The Bertz CT molecular complexity index is 212. The average molecular weight is 215 g/mol. The lowest BCUT2D eigenvalue weighted by atomic mass is 10.0. The zero-order chi connectivity index (χ0) is 10.8. The second kappa shape index (κ2) is 4.76. The fourth-order valence-corrected chi connectivity index (χ4v) is 2.90. The number of piperazine rings is 1. The van der Waals surface area contributed by atoms with E-state index in [1.165, 1.54) is 6.42 Å². The number of alkyl halides is 1. The highest BCUT2D eigenvalue weighted by Gasteiger charge is 2.35. The summed E-state index contributed by atoms with van der Waals surface area (Å²) in [5, 5.41) is 3.44. The molecular formula is C11H22FN3. The van der Waals surface area contributed by atoms with Gasteiger partial charge in [-0.15, -0.1) is 0 Å². The average Bonchev–Trinajstić information content (AvgIpc) is 2.64. The molecule has 2 heterocycles. The van der Waals surface area contributed by atoms with E-state index in [4.69, 9.17) is 0 Å². The first kappa shape index (κ1) is 11.3. The van der Waals surface area contributed by atoms with Gasteiger partial charge < -0.3 is 10.2 Å². The summed E-state index contributed by atoms with van der Waals surface area (Å²) in [7, 11) is 2.08. The molecule has 0 bridgehead atoms. The summed E-state index contributed by atoms with van der Waals surface area (Å²) >= 11 is 0. The molecule has 0 aliphatic carbocycles. The zero-order valence-corrected chi connectivity index (χ0v) is 9.75. The highest BCUT2D eigenvalue weighted by atomic mass is 19.1. The van der Waals surface area contributed by atoms with Crippen molar-refractivity contribution in [3.63, 3.8) is 0 Å². The summed E-state index contributed by atoms with van der Waals surface area (Å²) in [5.74, 6) is 0. The van der Waals surface area contributed by atoms with E-state index in [1.54, 1.807) is 0 Å². The highest BCUT2D eigenvalue weighted by molar-refractivity contribution is 4.93. The molecule has 88 valence electrons. The number of nitrogens with zero attached hydrogens (tertiary/aromatic N) is 2. The van der Waals surface area contributed by atoms with Gasteiger partial charge in [-0.25, -0.2) is 4.39 Å². The predicted molar refractivity (Wildman–Crippen MR) is 59.8 cm³/mol. The monoisotopic (exact) mass is 215 g/mol. The molecule has 2 fully saturated rings. The number of halogens is 1. The molecule has 2 aliphatic rings. The summed E-state index contributed by atoms with van der Waals surface area (Å²) < 4.78 is 13.0. The molecule has 0 aromatic heterocycles. The maximum Gasteiger partial charge on any atom is 0.106 e. The smallest absolute Gasteiger partial charge is 0.106 e. The molecule has 2 rings (SSSR count). The summed E-state index contributed by atoms with van der Waals surface area (Å²) in [6.07, 6.45) is 1.17. The van der Waals surface area contributed by atoms with Crippen LogP contribution in [0.5, 0.6) is 0 Å². The number of rotatable bonds is 2. The first-order valence-corrected chi connectivity index (χ1v) is 5.96. The Hall–Kier alpha value is -0.190. The van der Waals surface area contributed by atoms with Crippen LogP contribution in [0.1, 0.15) is 13.3 Å². The summed E-state index contributed by atoms with van der Waals surface area (Å²) in [5.41, 5.74) is 0. The summed E-state index contributed by atoms with van der Waals surface area (Å²) in [4.78, 5) is 4.61. The van der Waals surface area contributed by atoms with Crippen LogP contribution in [0, 0.1) is 0 Å². The molecule has 0 aromatic rings. The van der Waals surface area contributed by atoms with Crippen molar-refractivity contribution in [2.24, 2.45) is 0 Å². The first-order valence-electron chi connectivity index (χ1n) is 5.96. The fraction of sp³-hybridized carbons (Fsp3) is 1.00. The minimum Gasteiger partial charge on any atom is -0.313 e. The Morgan fingerprint density at radius 2 is 2.20 bits per heavy atom. The maximum absolute atomic E-state index is 13.0. The van der Waals surface area contributed by atoms with Gasteiger partial charge >= 0.3 is 0 Å². The van der Waals surface area contributed by atoms with Crippen molar-refractivity contribution in [1.29, 1.82) is 0 Å². The van der Waals surface area contributed by atoms with Crippen LogP contribution in [-0.4, -0.2) is 67.8 Å². The van der Waals surface area contributed by atoms with Crippen LogP contribution in [0.4, 0.5) is 4.39 Å². The molecule has 2 aliphatic heterocycles. The normalized spacial score (nSPS) is 39.8. The first-order chi connectivity index (χ1) is 7.22. The van der Waals surface area contributed by atoms with Gasteiger partial charge in [-0.2, -0.15) is 0 Å². The number of hydrogen-bond acceptors (Lipinski definition) is 3. The number of nitrogens with one attached hydrogen (secondary N) is 1. The molecule has 4 heteroatoms. The van der Waals surface area contributed by atoms with E-state index in [0.717, 1.165) is 26.2 Å². The van der Waals surface area contributed by atoms with Crippen LogP contribution in [0.15, 0.2) is 0 Å². The van der Waals surface area contributed by atoms with Gasteiger partial charge in [0.15, 0.2) is 0 Å². The molecule has 0 saturated carbocycles. The second-order valence-corrected chi connectivity index (χ2v) is 4.91. The van der Waals surface area contributed by atoms with E-state index in [0.29, 0.717) is 12.1 Å². The van der Waals surface area contributed by atoms with Gasteiger partial charge in [-0.3, -0.25) is 4.90 Å². The van der Waals surface area contributed by atoms with E-state index in [2.05, 4.69) is 29.1 Å². The molecule has 0 aromatic carbocycles. The molecule has 0 unspecified atom stereocenters.